The molecule has 7 heteroatoms. The SMILES string of the molecule is Cc1ncoc1C(=O)N1C[C@@H](N)[C@H](c2ccccc2)C1.Cl.Cl. The zero-order valence-electron chi connectivity index (χ0n) is 12.1. The summed E-state index contributed by atoms with van der Waals surface area (Å²) in [7, 11) is 0. The third-order valence-electron chi connectivity index (χ3n) is 3.82. The zero-order valence-corrected chi connectivity index (χ0v) is 13.8. The van der Waals surface area contributed by atoms with Gasteiger partial charge in [0.1, 0.15) is 0 Å². The molecule has 1 aromatic heterocycles. The zero-order chi connectivity index (χ0) is 14.1. The van der Waals surface area contributed by atoms with Crippen LogP contribution >= 0.6 is 24.8 Å². The molecule has 0 radical (unpaired) electrons. The summed E-state index contributed by atoms with van der Waals surface area (Å²) in [5.74, 6) is 0.350. The molecule has 1 amide bonds. The summed E-state index contributed by atoms with van der Waals surface area (Å²) in [6.45, 7) is 2.92. The van der Waals surface area contributed by atoms with Gasteiger partial charge in [0.2, 0.25) is 5.76 Å². The summed E-state index contributed by atoms with van der Waals surface area (Å²) in [5.41, 5.74) is 7.98. The van der Waals surface area contributed by atoms with Crippen molar-refractivity contribution in [2.75, 3.05) is 13.1 Å². The molecular weight excluding hydrogens is 325 g/mol. The van der Waals surface area contributed by atoms with Crippen LogP contribution in [0.1, 0.15) is 27.7 Å². The number of carbonyl (C=O) groups is 1. The summed E-state index contributed by atoms with van der Waals surface area (Å²) >= 11 is 0. The minimum atomic E-state index is -0.131. The van der Waals surface area contributed by atoms with Gasteiger partial charge in [-0.2, -0.15) is 0 Å². The second-order valence-corrected chi connectivity index (χ2v) is 5.16. The van der Waals surface area contributed by atoms with Gasteiger partial charge in [0.15, 0.2) is 6.39 Å². The summed E-state index contributed by atoms with van der Waals surface area (Å²) in [6, 6.07) is 10.0. The number of oxazole rings is 1. The largest absolute Gasteiger partial charge is 0.438 e. The fourth-order valence-electron chi connectivity index (χ4n) is 2.70. The average molecular weight is 344 g/mol. The minimum Gasteiger partial charge on any atom is -0.438 e. The van der Waals surface area contributed by atoms with Crippen LogP contribution in [0.3, 0.4) is 0 Å². The van der Waals surface area contributed by atoms with Crippen LogP contribution in [0.2, 0.25) is 0 Å². The summed E-state index contributed by atoms with van der Waals surface area (Å²) in [4.78, 5) is 18.1. The van der Waals surface area contributed by atoms with E-state index in [-0.39, 0.29) is 42.7 Å². The molecule has 5 nitrogen and oxygen atoms in total. The Morgan fingerprint density at radius 2 is 1.95 bits per heavy atom. The molecule has 1 aliphatic rings. The van der Waals surface area contributed by atoms with Crippen molar-refractivity contribution in [2.24, 2.45) is 5.73 Å². The summed E-state index contributed by atoms with van der Waals surface area (Å²) < 4.78 is 5.17. The molecule has 0 saturated carbocycles. The first-order chi connectivity index (χ1) is 9.66. The Labute approximate surface area is 141 Å². The number of nitrogens with zero attached hydrogens (tertiary/aromatic N) is 2. The van der Waals surface area contributed by atoms with E-state index in [0.29, 0.717) is 24.5 Å². The third kappa shape index (κ3) is 3.43. The number of aryl methyl sites for hydroxylation is 1. The van der Waals surface area contributed by atoms with Crippen LogP contribution in [0.15, 0.2) is 41.1 Å². The first-order valence-corrected chi connectivity index (χ1v) is 6.66. The van der Waals surface area contributed by atoms with Gasteiger partial charge in [0, 0.05) is 25.0 Å². The predicted octanol–water partition coefficient (Wildman–Crippen LogP) is 2.39. The van der Waals surface area contributed by atoms with Gasteiger partial charge in [0.25, 0.3) is 5.91 Å². The maximum atomic E-state index is 12.4. The van der Waals surface area contributed by atoms with Crippen LogP contribution in [-0.4, -0.2) is 34.9 Å². The van der Waals surface area contributed by atoms with Crippen LogP contribution in [-0.2, 0) is 0 Å². The topological polar surface area (TPSA) is 72.4 Å². The van der Waals surface area contributed by atoms with Gasteiger partial charge in [-0.15, -0.1) is 24.8 Å². The van der Waals surface area contributed by atoms with Gasteiger partial charge in [-0.05, 0) is 12.5 Å². The number of carbonyl (C=O) groups excluding carboxylic acids is 1. The minimum absolute atomic E-state index is 0. The van der Waals surface area contributed by atoms with Crippen molar-refractivity contribution in [2.45, 2.75) is 18.9 Å². The van der Waals surface area contributed by atoms with E-state index in [1.807, 2.05) is 18.2 Å². The molecule has 0 unspecified atom stereocenters. The Hall–Kier alpha value is -1.56. The monoisotopic (exact) mass is 343 g/mol. The number of halogens is 2. The first kappa shape index (κ1) is 18.5. The van der Waals surface area contributed by atoms with Crippen molar-refractivity contribution in [3.8, 4) is 0 Å². The van der Waals surface area contributed by atoms with Crippen LogP contribution in [0, 0.1) is 6.92 Å². The Balaban J connectivity index is 0.00000121. The molecule has 1 aliphatic heterocycles. The number of rotatable bonds is 2. The number of aromatic nitrogens is 1. The molecule has 22 heavy (non-hydrogen) atoms. The number of benzene rings is 1. The number of likely N-dealkylation sites (tertiary alicyclic amines) is 1. The Morgan fingerprint density at radius 3 is 2.55 bits per heavy atom. The maximum Gasteiger partial charge on any atom is 0.291 e. The van der Waals surface area contributed by atoms with Gasteiger partial charge < -0.3 is 15.1 Å². The molecule has 1 saturated heterocycles. The lowest BCUT2D eigenvalue weighted by Crippen LogP contribution is -2.32. The normalized spacial score (nSPS) is 20.2. The maximum absolute atomic E-state index is 12.4. The van der Waals surface area contributed by atoms with Crippen LogP contribution in [0.5, 0.6) is 0 Å². The smallest absolute Gasteiger partial charge is 0.291 e. The Morgan fingerprint density at radius 1 is 1.27 bits per heavy atom. The second kappa shape index (κ2) is 7.63. The van der Waals surface area contributed by atoms with E-state index in [4.69, 9.17) is 10.2 Å². The van der Waals surface area contributed by atoms with Gasteiger partial charge in [0.05, 0.1) is 5.69 Å². The van der Waals surface area contributed by atoms with Crippen molar-refractivity contribution in [1.82, 2.24) is 9.88 Å². The van der Waals surface area contributed by atoms with Crippen LogP contribution in [0.4, 0.5) is 0 Å². The number of nitrogens with two attached hydrogens (primary N) is 1. The summed E-state index contributed by atoms with van der Waals surface area (Å²) in [5, 5.41) is 0. The lowest BCUT2D eigenvalue weighted by atomic mass is 9.95. The molecular formula is C15H19Cl2N3O2. The Kier molecular flexibility index (Phi) is 6.41. The molecule has 1 fully saturated rings. The van der Waals surface area contributed by atoms with Gasteiger partial charge in [-0.1, -0.05) is 30.3 Å². The fraction of sp³-hybridized carbons (Fsp3) is 0.333. The van der Waals surface area contributed by atoms with Crippen molar-refractivity contribution >= 4 is 30.7 Å². The van der Waals surface area contributed by atoms with E-state index >= 15 is 0 Å². The molecule has 2 atom stereocenters. The lowest BCUT2D eigenvalue weighted by molar-refractivity contribution is 0.0756. The highest BCUT2D eigenvalue weighted by Gasteiger charge is 2.35. The first-order valence-electron chi connectivity index (χ1n) is 6.66. The third-order valence-corrected chi connectivity index (χ3v) is 3.82. The molecule has 3 rings (SSSR count). The van der Waals surface area contributed by atoms with E-state index in [1.54, 1.807) is 11.8 Å². The van der Waals surface area contributed by atoms with E-state index in [9.17, 15) is 4.79 Å². The van der Waals surface area contributed by atoms with Gasteiger partial charge >= 0.3 is 0 Å². The van der Waals surface area contributed by atoms with Crippen molar-refractivity contribution < 1.29 is 9.21 Å². The molecule has 2 heterocycles. The number of hydrogen-bond donors (Lipinski definition) is 1. The molecule has 1 aromatic carbocycles. The molecule has 2 aromatic rings. The van der Waals surface area contributed by atoms with Crippen molar-refractivity contribution in [3.63, 3.8) is 0 Å². The quantitative estimate of drug-likeness (QED) is 0.908. The number of hydrogen-bond acceptors (Lipinski definition) is 4. The summed E-state index contributed by atoms with van der Waals surface area (Å²) in [6.07, 6.45) is 1.30. The highest BCUT2D eigenvalue weighted by molar-refractivity contribution is 5.92. The van der Waals surface area contributed by atoms with Crippen LogP contribution in [0.25, 0.3) is 0 Å². The molecule has 0 aliphatic carbocycles. The second-order valence-electron chi connectivity index (χ2n) is 5.16. The molecule has 2 N–H and O–H groups in total. The average Bonchev–Trinajstić information content (AvgIpc) is 3.05. The lowest BCUT2D eigenvalue weighted by Gasteiger charge is -2.15. The van der Waals surface area contributed by atoms with Gasteiger partial charge in [-0.25, -0.2) is 4.98 Å². The Bertz CT molecular complexity index is 618. The standard InChI is InChI=1S/C15H17N3O2.2ClH/c1-10-14(20-9-17-10)15(19)18-7-12(13(16)8-18)11-5-3-2-4-6-11;;/h2-6,9,12-13H,7-8,16H2,1H3;2*1H/t12-,13+;;/m0../s1. The molecule has 0 bridgehead atoms. The highest BCUT2D eigenvalue weighted by atomic mass is 35.5. The highest BCUT2D eigenvalue weighted by Crippen LogP contribution is 2.27. The van der Waals surface area contributed by atoms with E-state index in [0.717, 1.165) is 0 Å². The van der Waals surface area contributed by atoms with Crippen molar-refractivity contribution in [1.29, 1.82) is 0 Å². The number of amides is 1. The van der Waals surface area contributed by atoms with Gasteiger partial charge in [-0.3, -0.25) is 4.79 Å². The molecule has 120 valence electrons. The molecule has 0 spiro atoms. The van der Waals surface area contributed by atoms with E-state index in [2.05, 4.69) is 17.1 Å². The van der Waals surface area contributed by atoms with Crippen molar-refractivity contribution in [3.05, 3.63) is 53.7 Å². The van der Waals surface area contributed by atoms with Crippen LogP contribution < -0.4 is 5.73 Å². The fourth-order valence-corrected chi connectivity index (χ4v) is 2.70. The van der Waals surface area contributed by atoms with E-state index in [1.165, 1.54) is 12.0 Å². The predicted molar refractivity (Wildman–Crippen MR) is 88.8 cm³/mol. The van der Waals surface area contributed by atoms with E-state index < -0.39 is 0 Å².